The molecule has 0 saturated carbocycles. The highest BCUT2D eigenvalue weighted by Gasteiger charge is 2.07. The van der Waals surface area contributed by atoms with E-state index in [1.165, 1.54) is 5.56 Å². The molecule has 0 aromatic heterocycles. The minimum absolute atomic E-state index is 0.0127. The van der Waals surface area contributed by atoms with E-state index in [0.717, 1.165) is 11.3 Å². The molecule has 0 bridgehead atoms. The standard InChI is InChI=1S/C11H18N2/c1-7(2)9-4-5-11(13)10(6-9)8(3)12/h4-8H,12-13H2,1-3H3. The monoisotopic (exact) mass is 178 g/mol. The van der Waals surface area contributed by atoms with Crippen LogP contribution in [0.15, 0.2) is 18.2 Å². The Hall–Kier alpha value is -1.02. The van der Waals surface area contributed by atoms with E-state index in [4.69, 9.17) is 11.5 Å². The minimum Gasteiger partial charge on any atom is -0.398 e. The molecule has 0 heterocycles. The van der Waals surface area contributed by atoms with Gasteiger partial charge in [0.25, 0.3) is 0 Å². The highest BCUT2D eigenvalue weighted by molar-refractivity contribution is 5.50. The zero-order chi connectivity index (χ0) is 10.0. The normalized spacial score (nSPS) is 13.3. The Morgan fingerprint density at radius 3 is 2.23 bits per heavy atom. The molecule has 0 aliphatic rings. The summed E-state index contributed by atoms with van der Waals surface area (Å²) in [6.07, 6.45) is 0. The maximum Gasteiger partial charge on any atom is 0.0362 e. The number of rotatable bonds is 2. The van der Waals surface area contributed by atoms with Crippen molar-refractivity contribution in [1.29, 1.82) is 0 Å². The van der Waals surface area contributed by atoms with Gasteiger partial charge in [0, 0.05) is 11.7 Å². The minimum atomic E-state index is 0.0127. The van der Waals surface area contributed by atoms with Crippen LogP contribution >= 0.6 is 0 Å². The average Bonchev–Trinajstić information content (AvgIpc) is 2.04. The molecule has 0 amide bonds. The summed E-state index contributed by atoms with van der Waals surface area (Å²) in [5.41, 5.74) is 14.7. The van der Waals surface area contributed by atoms with Gasteiger partial charge in [0.05, 0.1) is 0 Å². The molecule has 2 heteroatoms. The summed E-state index contributed by atoms with van der Waals surface area (Å²) in [5, 5.41) is 0. The van der Waals surface area contributed by atoms with Gasteiger partial charge in [-0.1, -0.05) is 26.0 Å². The van der Waals surface area contributed by atoms with E-state index in [9.17, 15) is 0 Å². The number of hydrogen-bond donors (Lipinski definition) is 2. The van der Waals surface area contributed by atoms with Gasteiger partial charge in [-0.3, -0.25) is 0 Å². The third-order valence-corrected chi connectivity index (χ3v) is 2.27. The molecule has 0 radical (unpaired) electrons. The molecule has 0 aliphatic carbocycles. The molecule has 0 aliphatic heterocycles. The van der Waals surface area contributed by atoms with Gasteiger partial charge in [0.15, 0.2) is 0 Å². The Labute approximate surface area is 79.9 Å². The van der Waals surface area contributed by atoms with Crippen molar-refractivity contribution in [2.75, 3.05) is 5.73 Å². The molecular formula is C11H18N2. The summed E-state index contributed by atoms with van der Waals surface area (Å²) < 4.78 is 0. The van der Waals surface area contributed by atoms with E-state index in [-0.39, 0.29) is 6.04 Å². The lowest BCUT2D eigenvalue weighted by atomic mass is 9.97. The summed E-state index contributed by atoms with van der Waals surface area (Å²) in [4.78, 5) is 0. The topological polar surface area (TPSA) is 52.0 Å². The molecule has 0 fully saturated rings. The molecule has 13 heavy (non-hydrogen) atoms. The van der Waals surface area contributed by atoms with Crippen LogP contribution < -0.4 is 11.5 Å². The highest BCUT2D eigenvalue weighted by atomic mass is 14.6. The Balaban J connectivity index is 3.11. The van der Waals surface area contributed by atoms with Crippen molar-refractivity contribution in [3.63, 3.8) is 0 Å². The maximum atomic E-state index is 5.81. The fourth-order valence-electron chi connectivity index (χ4n) is 1.35. The Bertz CT molecular complexity index is 290. The van der Waals surface area contributed by atoms with Crippen LogP contribution in [0.1, 0.15) is 43.9 Å². The van der Waals surface area contributed by atoms with Gasteiger partial charge in [-0.2, -0.15) is 0 Å². The van der Waals surface area contributed by atoms with Crippen molar-refractivity contribution < 1.29 is 0 Å². The van der Waals surface area contributed by atoms with E-state index >= 15 is 0 Å². The second-order valence-corrected chi connectivity index (χ2v) is 3.83. The fourth-order valence-corrected chi connectivity index (χ4v) is 1.35. The van der Waals surface area contributed by atoms with Gasteiger partial charge in [0.1, 0.15) is 0 Å². The summed E-state index contributed by atoms with van der Waals surface area (Å²) in [7, 11) is 0. The molecule has 1 rings (SSSR count). The molecule has 2 nitrogen and oxygen atoms in total. The van der Waals surface area contributed by atoms with Gasteiger partial charge in [-0.05, 0) is 30.0 Å². The van der Waals surface area contributed by atoms with E-state index in [2.05, 4.69) is 26.0 Å². The molecule has 4 N–H and O–H groups in total. The van der Waals surface area contributed by atoms with Gasteiger partial charge < -0.3 is 11.5 Å². The zero-order valence-electron chi connectivity index (χ0n) is 8.54. The van der Waals surface area contributed by atoms with Gasteiger partial charge in [0.2, 0.25) is 0 Å². The Kier molecular flexibility index (Phi) is 2.94. The molecule has 1 aromatic rings. The van der Waals surface area contributed by atoms with Crippen LogP contribution in [0.2, 0.25) is 0 Å². The predicted molar refractivity (Wildman–Crippen MR) is 57.5 cm³/mol. The van der Waals surface area contributed by atoms with Crippen molar-refractivity contribution in [2.24, 2.45) is 5.73 Å². The van der Waals surface area contributed by atoms with Crippen molar-refractivity contribution >= 4 is 5.69 Å². The molecule has 1 unspecified atom stereocenters. The second-order valence-electron chi connectivity index (χ2n) is 3.83. The number of nitrogens with two attached hydrogens (primary N) is 2. The van der Waals surface area contributed by atoms with E-state index in [1.54, 1.807) is 0 Å². The van der Waals surface area contributed by atoms with Crippen LogP contribution in [0.3, 0.4) is 0 Å². The first-order valence-corrected chi connectivity index (χ1v) is 4.67. The number of nitrogen functional groups attached to an aromatic ring is 1. The number of hydrogen-bond acceptors (Lipinski definition) is 2. The summed E-state index contributed by atoms with van der Waals surface area (Å²) in [6, 6.07) is 6.11. The number of anilines is 1. The first-order chi connectivity index (χ1) is 6.02. The van der Waals surface area contributed by atoms with Crippen LogP contribution in [0, 0.1) is 0 Å². The Morgan fingerprint density at radius 2 is 1.77 bits per heavy atom. The van der Waals surface area contributed by atoms with Gasteiger partial charge in [-0.15, -0.1) is 0 Å². The van der Waals surface area contributed by atoms with Crippen LogP contribution in [0.4, 0.5) is 5.69 Å². The third-order valence-electron chi connectivity index (χ3n) is 2.27. The van der Waals surface area contributed by atoms with Crippen LogP contribution in [-0.2, 0) is 0 Å². The average molecular weight is 178 g/mol. The maximum absolute atomic E-state index is 5.81. The number of benzene rings is 1. The molecular weight excluding hydrogens is 160 g/mol. The van der Waals surface area contributed by atoms with Crippen LogP contribution in [0.5, 0.6) is 0 Å². The largest absolute Gasteiger partial charge is 0.398 e. The smallest absolute Gasteiger partial charge is 0.0362 e. The quantitative estimate of drug-likeness (QED) is 0.683. The molecule has 0 spiro atoms. The lowest BCUT2D eigenvalue weighted by Crippen LogP contribution is -2.08. The van der Waals surface area contributed by atoms with Crippen molar-refractivity contribution in [3.8, 4) is 0 Å². The predicted octanol–water partition coefficient (Wildman–Crippen LogP) is 2.41. The SMILES string of the molecule is CC(C)c1ccc(N)c(C(C)N)c1. The van der Waals surface area contributed by atoms with Crippen molar-refractivity contribution in [2.45, 2.75) is 32.7 Å². The summed E-state index contributed by atoms with van der Waals surface area (Å²) in [5.74, 6) is 0.526. The first kappa shape index (κ1) is 10.1. The molecule has 1 atom stereocenters. The van der Waals surface area contributed by atoms with Crippen molar-refractivity contribution in [1.82, 2.24) is 0 Å². The van der Waals surface area contributed by atoms with Gasteiger partial charge in [-0.25, -0.2) is 0 Å². The molecule has 1 aromatic carbocycles. The van der Waals surface area contributed by atoms with Crippen molar-refractivity contribution in [3.05, 3.63) is 29.3 Å². The lowest BCUT2D eigenvalue weighted by molar-refractivity contribution is 0.806. The van der Waals surface area contributed by atoms with Gasteiger partial charge >= 0.3 is 0 Å². The fraction of sp³-hybridized carbons (Fsp3) is 0.455. The summed E-state index contributed by atoms with van der Waals surface area (Å²) >= 11 is 0. The highest BCUT2D eigenvalue weighted by Crippen LogP contribution is 2.23. The molecule has 72 valence electrons. The molecule has 0 saturated heterocycles. The summed E-state index contributed by atoms with van der Waals surface area (Å²) in [6.45, 7) is 6.28. The van der Waals surface area contributed by atoms with Crippen LogP contribution in [-0.4, -0.2) is 0 Å². The zero-order valence-corrected chi connectivity index (χ0v) is 8.54. The first-order valence-electron chi connectivity index (χ1n) is 4.67. The lowest BCUT2D eigenvalue weighted by Gasteiger charge is -2.13. The van der Waals surface area contributed by atoms with Crippen LogP contribution in [0.25, 0.3) is 0 Å². The Morgan fingerprint density at radius 1 is 1.15 bits per heavy atom. The van der Waals surface area contributed by atoms with E-state index < -0.39 is 0 Å². The van der Waals surface area contributed by atoms with E-state index in [0.29, 0.717) is 5.92 Å². The second kappa shape index (κ2) is 3.79. The third kappa shape index (κ3) is 2.22. The van der Waals surface area contributed by atoms with E-state index in [1.807, 2.05) is 13.0 Å².